The topological polar surface area (TPSA) is 26.3 Å². The second-order valence-corrected chi connectivity index (χ2v) is 15.9. The Morgan fingerprint density at radius 3 is 0.939 bits per heavy atom. The van der Waals surface area contributed by atoms with Gasteiger partial charge in [-0.25, -0.2) is 0 Å². The van der Waals surface area contributed by atoms with Crippen molar-refractivity contribution >= 4 is 14.3 Å². The Hall–Kier alpha value is -0.313. The molecular formula is C30H62O2Si. The minimum atomic E-state index is -1.69. The van der Waals surface area contributed by atoms with Gasteiger partial charge < -0.3 is 4.43 Å². The molecule has 0 saturated carbocycles. The summed E-state index contributed by atoms with van der Waals surface area (Å²) in [6.45, 7) is 8.52. The maximum Gasteiger partial charge on any atom is 0.292 e. The van der Waals surface area contributed by atoms with Crippen LogP contribution in [0, 0.1) is 0 Å². The van der Waals surface area contributed by atoms with Gasteiger partial charge in [-0.15, -0.1) is 0 Å². The van der Waals surface area contributed by atoms with E-state index < -0.39 is 8.32 Å². The molecule has 0 fully saturated rings. The molecule has 0 aliphatic rings. The molecule has 2 nitrogen and oxygen atoms in total. The van der Waals surface area contributed by atoms with Gasteiger partial charge in [0.25, 0.3) is 5.97 Å². The van der Waals surface area contributed by atoms with Crippen LogP contribution >= 0.6 is 0 Å². The molecule has 0 N–H and O–H groups in total. The van der Waals surface area contributed by atoms with E-state index in [9.17, 15) is 4.79 Å². The summed E-state index contributed by atoms with van der Waals surface area (Å²) in [5, 5.41) is 0. The van der Waals surface area contributed by atoms with Gasteiger partial charge >= 0.3 is 0 Å². The summed E-state index contributed by atoms with van der Waals surface area (Å²) >= 11 is 0. The number of hydrogen-bond donors (Lipinski definition) is 0. The molecule has 0 rings (SSSR count). The molecule has 0 saturated heterocycles. The van der Waals surface area contributed by atoms with Crippen molar-refractivity contribution < 1.29 is 9.22 Å². The van der Waals surface area contributed by atoms with Crippen molar-refractivity contribution in [2.45, 2.75) is 187 Å². The number of carbonyl (C=O) groups excluding carboxylic acids is 1. The fraction of sp³-hybridized carbons (Fsp3) is 0.967. The SMILES string of the molecule is CCCCCCCCCCCCCCCCCCCCCCCCCCC(=O)O[Si](C)(C)C. The second kappa shape index (κ2) is 24.8. The molecule has 0 aliphatic carbocycles. The summed E-state index contributed by atoms with van der Waals surface area (Å²) in [6.07, 6.45) is 34.3. The van der Waals surface area contributed by atoms with E-state index in [0.29, 0.717) is 6.42 Å². The van der Waals surface area contributed by atoms with Gasteiger partial charge in [0.05, 0.1) is 0 Å². The zero-order valence-electron chi connectivity index (χ0n) is 23.5. The average Bonchev–Trinajstić information content (AvgIpc) is 2.75. The third-order valence-electron chi connectivity index (χ3n) is 6.65. The van der Waals surface area contributed by atoms with Gasteiger partial charge in [-0.3, -0.25) is 4.79 Å². The highest BCUT2D eigenvalue weighted by Crippen LogP contribution is 2.16. The summed E-state index contributed by atoms with van der Waals surface area (Å²) in [5.74, 6) is 0.0213. The Labute approximate surface area is 210 Å². The zero-order chi connectivity index (χ0) is 24.5. The predicted octanol–water partition coefficient (Wildman–Crippen LogP) is 11.1. The Bertz CT molecular complexity index is 403. The molecule has 0 aliphatic heterocycles. The van der Waals surface area contributed by atoms with Gasteiger partial charge in [0.2, 0.25) is 8.32 Å². The van der Waals surface area contributed by atoms with Crippen molar-refractivity contribution in [2.75, 3.05) is 0 Å². The summed E-state index contributed by atoms with van der Waals surface area (Å²) in [6, 6.07) is 0. The van der Waals surface area contributed by atoms with Crippen molar-refractivity contribution in [3.8, 4) is 0 Å². The Morgan fingerprint density at radius 2 is 0.697 bits per heavy atom. The van der Waals surface area contributed by atoms with Gasteiger partial charge in [0.15, 0.2) is 0 Å². The predicted molar refractivity (Wildman–Crippen MR) is 151 cm³/mol. The molecule has 0 aromatic rings. The van der Waals surface area contributed by atoms with Crippen molar-refractivity contribution in [1.82, 2.24) is 0 Å². The van der Waals surface area contributed by atoms with E-state index in [0.717, 1.165) is 6.42 Å². The summed E-state index contributed by atoms with van der Waals surface area (Å²) in [5.41, 5.74) is 0. The lowest BCUT2D eigenvalue weighted by molar-refractivity contribution is -0.135. The first-order chi connectivity index (χ1) is 16.0. The molecule has 0 spiro atoms. The maximum absolute atomic E-state index is 11.7. The van der Waals surface area contributed by atoms with Crippen LogP contribution in [0.2, 0.25) is 19.6 Å². The highest BCUT2D eigenvalue weighted by Gasteiger charge is 2.19. The van der Waals surface area contributed by atoms with Crippen LogP contribution in [0.4, 0.5) is 0 Å². The molecule has 0 heterocycles. The smallest absolute Gasteiger partial charge is 0.292 e. The molecule has 0 unspecified atom stereocenters. The number of carbonyl (C=O) groups is 1. The van der Waals surface area contributed by atoms with E-state index in [4.69, 9.17) is 4.43 Å². The first-order valence-corrected chi connectivity index (χ1v) is 18.6. The van der Waals surface area contributed by atoms with Crippen LogP contribution in [-0.4, -0.2) is 14.3 Å². The van der Waals surface area contributed by atoms with Crippen LogP contribution < -0.4 is 0 Å². The third kappa shape index (κ3) is 29.7. The summed E-state index contributed by atoms with van der Waals surface area (Å²) in [7, 11) is -1.69. The van der Waals surface area contributed by atoms with Crippen LogP contribution in [0.1, 0.15) is 167 Å². The van der Waals surface area contributed by atoms with Gasteiger partial charge in [0, 0.05) is 6.42 Å². The van der Waals surface area contributed by atoms with E-state index in [1.165, 1.54) is 148 Å². The lowest BCUT2D eigenvalue weighted by Crippen LogP contribution is -2.28. The van der Waals surface area contributed by atoms with Crippen molar-refractivity contribution in [3.05, 3.63) is 0 Å². The molecular weight excluding hydrogens is 420 g/mol. The molecule has 0 atom stereocenters. The summed E-state index contributed by atoms with van der Waals surface area (Å²) in [4.78, 5) is 11.7. The van der Waals surface area contributed by atoms with Gasteiger partial charge in [-0.1, -0.05) is 155 Å². The largest absolute Gasteiger partial charge is 0.520 e. The fourth-order valence-corrected chi connectivity index (χ4v) is 5.41. The van der Waals surface area contributed by atoms with Crippen LogP contribution in [0.5, 0.6) is 0 Å². The Balaban J connectivity index is 3.10. The molecule has 33 heavy (non-hydrogen) atoms. The molecule has 0 bridgehead atoms. The fourth-order valence-electron chi connectivity index (χ4n) is 4.62. The van der Waals surface area contributed by atoms with Crippen molar-refractivity contribution in [2.24, 2.45) is 0 Å². The van der Waals surface area contributed by atoms with Crippen LogP contribution in [-0.2, 0) is 9.22 Å². The van der Waals surface area contributed by atoms with Gasteiger partial charge in [0.1, 0.15) is 0 Å². The van der Waals surface area contributed by atoms with Crippen molar-refractivity contribution in [3.63, 3.8) is 0 Å². The normalized spacial score (nSPS) is 11.8. The summed E-state index contributed by atoms with van der Waals surface area (Å²) < 4.78 is 5.49. The van der Waals surface area contributed by atoms with Gasteiger partial charge in [-0.2, -0.15) is 0 Å². The van der Waals surface area contributed by atoms with Crippen LogP contribution in [0.3, 0.4) is 0 Å². The quantitative estimate of drug-likeness (QED) is 0.0904. The second-order valence-electron chi connectivity index (χ2n) is 11.5. The molecule has 0 aromatic heterocycles. The third-order valence-corrected chi connectivity index (χ3v) is 7.49. The number of hydrogen-bond acceptors (Lipinski definition) is 2. The van der Waals surface area contributed by atoms with E-state index in [1.54, 1.807) is 0 Å². The van der Waals surface area contributed by atoms with E-state index in [-0.39, 0.29) is 5.97 Å². The first-order valence-electron chi connectivity index (χ1n) is 15.2. The average molecular weight is 483 g/mol. The van der Waals surface area contributed by atoms with Crippen LogP contribution in [0.15, 0.2) is 0 Å². The lowest BCUT2D eigenvalue weighted by Gasteiger charge is -2.17. The lowest BCUT2D eigenvalue weighted by atomic mass is 10.0. The number of unbranched alkanes of at least 4 members (excludes halogenated alkanes) is 23. The molecule has 0 amide bonds. The first kappa shape index (κ1) is 32.7. The monoisotopic (exact) mass is 482 g/mol. The zero-order valence-corrected chi connectivity index (χ0v) is 24.5. The molecule has 0 radical (unpaired) electrons. The minimum Gasteiger partial charge on any atom is -0.520 e. The maximum atomic E-state index is 11.7. The standard InChI is InChI=1S/C30H62O2Si/c1-5-6-7-8-9-10-11-12-13-14-15-16-17-18-19-20-21-22-23-24-25-26-27-28-29-30(31)32-33(2,3)4/h5-29H2,1-4H3. The molecule has 0 aromatic carbocycles. The minimum absolute atomic E-state index is 0.0213. The Kier molecular flexibility index (Phi) is 24.6. The van der Waals surface area contributed by atoms with E-state index in [2.05, 4.69) is 26.6 Å². The number of rotatable bonds is 26. The Morgan fingerprint density at radius 1 is 0.455 bits per heavy atom. The molecule has 198 valence electrons. The van der Waals surface area contributed by atoms with E-state index >= 15 is 0 Å². The highest BCUT2D eigenvalue weighted by atomic mass is 28.4. The van der Waals surface area contributed by atoms with Crippen LogP contribution in [0.25, 0.3) is 0 Å². The highest BCUT2D eigenvalue weighted by molar-refractivity contribution is 6.71. The molecule has 3 heteroatoms. The van der Waals surface area contributed by atoms with E-state index in [1.807, 2.05) is 0 Å². The van der Waals surface area contributed by atoms with Gasteiger partial charge in [-0.05, 0) is 26.1 Å². The van der Waals surface area contributed by atoms with Crippen molar-refractivity contribution in [1.29, 1.82) is 0 Å².